The normalized spacial score (nSPS) is 23.2. The summed E-state index contributed by atoms with van der Waals surface area (Å²) in [5.74, 6) is -0.221. The van der Waals surface area contributed by atoms with Crippen LogP contribution in [-0.4, -0.2) is 29.3 Å². The second kappa shape index (κ2) is 6.57. The van der Waals surface area contributed by atoms with E-state index >= 15 is 0 Å². The molecule has 2 atom stereocenters. The SMILES string of the molecule is CCC1NC(=O)C(c2ccccc2)N(C/C=C/Cl)C1=O. The number of rotatable bonds is 4. The largest absolute Gasteiger partial charge is 0.342 e. The molecule has 106 valence electrons. The van der Waals surface area contributed by atoms with Crippen molar-refractivity contribution in [3.05, 3.63) is 47.5 Å². The minimum absolute atomic E-state index is 0.0734. The fourth-order valence-electron chi connectivity index (χ4n) is 2.37. The van der Waals surface area contributed by atoms with Gasteiger partial charge in [0.2, 0.25) is 11.8 Å². The van der Waals surface area contributed by atoms with E-state index < -0.39 is 12.1 Å². The first-order chi connectivity index (χ1) is 9.69. The molecular formula is C15H17ClN2O2. The maximum atomic E-state index is 12.4. The highest BCUT2D eigenvalue weighted by molar-refractivity contribution is 6.25. The fraction of sp³-hybridized carbons (Fsp3) is 0.333. The first-order valence-electron chi connectivity index (χ1n) is 6.60. The topological polar surface area (TPSA) is 49.4 Å². The summed E-state index contributed by atoms with van der Waals surface area (Å²) in [5, 5.41) is 2.78. The number of carbonyl (C=O) groups excluding carboxylic acids is 2. The number of hydrogen-bond acceptors (Lipinski definition) is 2. The van der Waals surface area contributed by atoms with E-state index in [9.17, 15) is 9.59 Å². The minimum Gasteiger partial charge on any atom is -0.342 e. The Bertz CT molecular complexity index is 516. The first kappa shape index (κ1) is 14.6. The third kappa shape index (κ3) is 2.85. The van der Waals surface area contributed by atoms with E-state index in [4.69, 9.17) is 11.6 Å². The van der Waals surface area contributed by atoms with Gasteiger partial charge in [0.25, 0.3) is 0 Å². The quantitative estimate of drug-likeness (QED) is 0.925. The first-order valence-corrected chi connectivity index (χ1v) is 7.03. The van der Waals surface area contributed by atoms with Crippen LogP contribution in [0.2, 0.25) is 0 Å². The van der Waals surface area contributed by atoms with Crippen LogP contribution in [0.25, 0.3) is 0 Å². The molecule has 0 aromatic heterocycles. The van der Waals surface area contributed by atoms with Crippen molar-refractivity contribution in [2.45, 2.75) is 25.4 Å². The Labute approximate surface area is 123 Å². The Hall–Kier alpha value is -1.81. The van der Waals surface area contributed by atoms with Crippen molar-refractivity contribution in [3.8, 4) is 0 Å². The molecule has 1 aliphatic heterocycles. The van der Waals surface area contributed by atoms with Gasteiger partial charge in [-0.25, -0.2) is 0 Å². The lowest BCUT2D eigenvalue weighted by atomic mass is 9.98. The van der Waals surface area contributed by atoms with Gasteiger partial charge in [-0.05, 0) is 12.0 Å². The van der Waals surface area contributed by atoms with Gasteiger partial charge < -0.3 is 10.2 Å². The van der Waals surface area contributed by atoms with E-state index in [0.29, 0.717) is 13.0 Å². The summed E-state index contributed by atoms with van der Waals surface area (Å²) in [6.07, 6.45) is 2.24. The molecule has 0 bridgehead atoms. The molecule has 1 saturated heterocycles. The molecule has 20 heavy (non-hydrogen) atoms. The molecule has 4 nitrogen and oxygen atoms in total. The van der Waals surface area contributed by atoms with Crippen LogP contribution >= 0.6 is 11.6 Å². The molecule has 0 radical (unpaired) electrons. The zero-order valence-corrected chi connectivity index (χ0v) is 12.0. The van der Waals surface area contributed by atoms with E-state index in [2.05, 4.69) is 5.32 Å². The minimum atomic E-state index is -0.598. The lowest BCUT2D eigenvalue weighted by Gasteiger charge is -2.38. The Morgan fingerprint density at radius 1 is 1.30 bits per heavy atom. The maximum Gasteiger partial charge on any atom is 0.248 e. The van der Waals surface area contributed by atoms with E-state index in [1.165, 1.54) is 5.54 Å². The summed E-state index contributed by atoms with van der Waals surface area (Å²) in [6.45, 7) is 2.20. The molecule has 2 unspecified atom stereocenters. The van der Waals surface area contributed by atoms with Crippen LogP contribution in [0.4, 0.5) is 0 Å². The number of benzene rings is 1. The monoisotopic (exact) mass is 292 g/mol. The average molecular weight is 293 g/mol. The van der Waals surface area contributed by atoms with Crippen molar-refractivity contribution in [2.24, 2.45) is 0 Å². The molecule has 2 amide bonds. The lowest BCUT2D eigenvalue weighted by Crippen LogP contribution is -2.59. The van der Waals surface area contributed by atoms with Crippen LogP contribution in [0.1, 0.15) is 24.9 Å². The van der Waals surface area contributed by atoms with Crippen LogP contribution in [0.15, 0.2) is 41.9 Å². The van der Waals surface area contributed by atoms with Crippen molar-refractivity contribution in [1.82, 2.24) is 10.2 Å². The van der Waals surface area contributed by atoms with Gasteiger partial charge in [-0.1, -0.05) is 54.9 Å². The van der Waals surface area contributed by atoms with Gasteiger partial charge in [-0.3, -0.25) is 9.59 Å². The van der Waals surface area contributed by atoms with Crippen LogP contribution in [-0.2, 0) is 9.59 Å². The molecule has 1 heterocycles. The predicted octanol–water partition coefficient (Wildman–Crippen LogP) is 2.22. The van der Waals surface area contributed by atoms with Gasteiger partial charge in [0.1, 0.15) is 12.1 Å². The summed E-state index contributed by atoms with van der Waals surface area (Å²) in [7, 11) is 0. The van der Waals surface area contributed by atoms with E-state index in [1.54, 1.807) is 11.0 Å². The second-order valence-corrected chi connectivity index (χ2v) is 4.89. The Balaban J connectivity index is 2.35. The molecule has 1 aliphatic rings. The molecule has 1 aromatic carbocycles. The van der Waals surface area contributed by atoms with Gasteiger partial charge in [0.05, 0.1) is 0 Å². The zero-order chi connectivity index (χ0) is 14.5. The number of nitrogens with one attached hydrogen (secondary N) is 1. The highest BCUT2D eigenvalue weighted by atomic mass is 35.5. The smallest absolute Gasteiger partial charge is 0.248 e. The molecule has 1 aromatic rings. The van der Waals surface area contributed by atoms with Crippen molar-refractivity contribution in [1.29, 1.82) is 0 Å². The Morgan fingerprint density at radius 3 is 2.60 bits per heavy atom. The van der Waals surface area contributed by atoms with Crippen molar-refractivity contribution in [2.75, 3.05) is 6.54 Å². The molecule has 1 N–H and O–H groups in total. The predicted molar refractivity (Wildman–Crippen MR) is 78.1 cm³/mol. The third-order valence-corrected chi connectivity index (χ3v) is 3.55. The van der Waals surface area contributed by atoms with Crippen molar-refractivity contribution >= 4 is 23.4 Å². The average Bonchev–Trinajstić information content (AvgIpc) is 2.48. The van der Waals surface area contributed by atoms with Gasteiger partial charge >= 0.3 is 0 Å². The molecule has 0 spiro atoms. The Kier molecular flexibility index (Phi) is 4.79. The van der Waals surface area contributed by atoms with E-state index in [-0.39, 0.29) is 11.8 Å². The number of halogens is 1. The van der Waals surface area contributed by atoms with E-state index in [1.807, 2.05) is 37.3 Å². The second-order valence-electron chi connectivity index (χ2n) is 4.63. The number of piperazine rings is 1. The molecule has 5 heteroatoms. The van der Waals surface area contributed by atoms with Gasteiger partial charge in [-0.2, -0.15) is 0 Å². The third-order valence-electron chi connectivity index (χ3n) is 3.37. The standard InChI is InChI=1S/C15H17ClN2O2/c1-2-12-15(20)18(10-6-9-16)13(14(19)17-12)11-7-4-3-5-8-11/h3-9,12-13H,2,10H2,1H3,(H,17,19)/b9-6+. The summed E-state index contributed by atoms with van der Waals surface area (Å²) in [5.41, 5.74) is 2.17. The Morgan fingerprint density at radius 2 is 2.00 bits per heavy atom. The number of carbonyl (C=O) groups is 2. The van der Waals surface area contributed by atoms with Crippen LogP contribution in [0.3, 0.4) is 0 Å². The van der Waals surface area contributed by atoms with Crippen molar-refractivity contribution in [3.63, 3.8) is 0 Å². The molecule has 1 fully saturated rings. The lowest BCUT2D eigenvalue weighted by molar-refractivity contribution is -0.149. The van der Waals surface area contributed by atoms with Crippen LogP contribution in [0, 0.1) is 0 Å². The summed E-state index contributed by atoms with van der Waals surface area (Å²) < 4.78 is 0. The number of nitrogens with zero attached hydrogens (tertiary/aromatic N) is 1. The highest BCUT2D eigenvalue weighted by Gasteiger charge is 2.39. The summed E-state index contributed by atoms with van der Waals surface area (Å²) in [4.78, 5) is 26.3. The zero-order valence-electron chi connectivity index (χ0n) is 11.3. The fourth-order valence-corrected chi connectivity index (χ4v) is 2.45. The van der Waals surface area contributed by atoms with Gasteiger partial charge in [0.15, 0.2) is 0 Å². The molecule has 0 saturated carbocycles. The van der Waals surface area contributed by atoms with Crippen LogP contribution in [0.5, 0.6) is 0 Å². The van der Waals surface area contributed by atoms with Crippen LogP contribution < -0.4 is 5.32 Å². The highest BCUT2D eigenvalue weighted by Crippen LogP contribution is 2.26. The summed E-state index contributed by atoms with van der Waals surface area (Å²) in [6, 6.07) is 8.24. The number of amides is 2. The number of hydrogen-bond donors (Lipinski definition) is 1. The van der Waals surface area contributed by atoms with Gasteiger partial charge in [0, 0.05) is 12.1 Å². The molecule has 0 aliphatic carbocycles. The molecular weight excluding hydrogens is 276 g/mol. The van der Waals surface area contributed by atoms with Gasteiger partial charge in [-0.15, -0.1) is 0 Å². The molecule has 2 rings (SSSR count). The summed E-state index contributed by atoms with van der Waals surface area (Å²) >= 11 is 5.55. The maximum absolute atomic E-state index is 12.4. The van der Waals surface area contributed by atoms with E-state index in [0.717, 1.165) is 5.56 Å². The van der Waals surface area contributed by atoms with Crippen molar-refractivity contribution < 1.29 is 9.59 Å².